The van der Waals surface area contributed by atoms with Crippen LogP contribution in [0.15, 0.2) is 24.3 Å². The van der Waals surface area contributed by atoms with Gasteiger partial charge in [-0.1, -0.05) is 24.3 Å². The van der Waals surface area contributed by atoms with Crippen LogP contribution in [-0.4, -0.2) is 6.29 Å². The lowest BCUT2D eigenvalue weighted by molar-refractivity contribution is -0.114. The summed E-state index contributed by atoms with van der Waals surface area (Å²) in [6.45, 7) is 5.97. The van der Waals surface area contributed by atoms with E-state index in [1.165, 1.54) is 0 Å². The molecule has 1 nitrogen and oxygen atoms in total. The first-order chi connectivity index (χ1) is 5.18. The second kappa shape index (κ2) is 1.84. The molecule has 0 heterocycles. The Kier molecular flexibility index (Phi) is 1.15. The lowest BCUT2D eigenvalue weighted by atomic mass is 9.76. The number of fused-ring (bicyclic) bond motifs is 2. The maximum atomic E-state index is 10.8. The van der Waals surface area contributed by atoms with Crippen LogP contribution in [0.3, 0.4) is 0 Å². The first-order valence-electron chi connectivity index (χ1n) is 4.02. The summed E-state index contributed by atoms with van der Waals surface area (Å²) in [5, 5.41) is 0. The van der Waals surface area contributed by atoms with Gasteiger partial charge in [0.25, 0.3) is 0 Å². The Hall–Kier alpha value is -0.850. The molecule has 1 heteroatoms. The van der Waals surface area contributed by atoms with Gasteiger partial charge in [-0.2, -0.15) is 0 Å². The number of allylic oxidation sites excluding steroid dienone is 3. The van der Waals surface area contributed by atoms with Crippen molar-refractivity contribution < 1.29 is 4.79 Å². The van der Waals surface area contributed by atoms with E-state index in [0.717, 1.165) is 18.3 Å². The second-order valence-electron chi connectivity index (χ2n) is 3.76. The summed E-state index contributed by atoms with van der Waals surface area (Å²) < 4.78 is 0. The highest BCUT2D eigenvalue weighted by Crippen LogP contribution is 2.53. The summed E-state index contributed by atoms with van der Waals surface area (Å²) in [5.74, 6) is 0.910. The molecule has 0 N–H and O–H groups in total. The van der Waals surface area contributed by atoms with E-state index in [4.69, 9.17) is 0 Å². The predicted molar refractivity (Wildman–Crippen MR) is 44.0 cm³/mol. The molecular formula is C10H12O. The van der Waals surface area contributed by atoms with Crippen LogP contribution in [0.4, 0.5) is 0 Å². The molecule has 11 heavy (non-hydrogen) atoms. The summed E-state index contributed by atoms with van der Waals surface area (Å²) in [7, 11) is 0. The van der Waals surface area contributed by atoms with Crippen LogP contribution in [0, 0.1) is 17.3 Å². The number of hydrogen-bond donors (Lipinski definition) is 0. The Morgan fingerprint density at radius 1 is 1.73 bits per heavy atom. The third-order valence-electron chi connectivity index (χ3n) is 3.24. The minimum atomic E-state index is -0.251. The summed E-state index contributed by atoms with van der Waals surface area (Å²) in [4.78, 5) is 10.8. The first-order valence-corrected chi connectivity index (χ1v) is 4.02. The van der Waals surface area contributed by atoms with E-state index in [1.807, 2.05) is 6.92 Å². The third-order valence-corrected chi connectivity index (χ3v) is 3.24. The number of carbonyl (C=O) groups is 1. The summed E-state index contributed by atoms with van der Waals surface area (Å²) in [5.41, 5.74) is 0.861. The van der Waals surface area contributed by atoms with Gasteiger partial charge < -0.3 is 4.79 Å². The van der Waals surface area contributed by atoms with Gasteiger partial charge in [-0.25, -0.2) is 0 Å². The van der Waals surface area contributed by atoms with Gasteiger partial charge in [0.2, 0.25) is 0 Å². The van der Waals surface area contributed by atoms with Crippen molar-refractivity contribution in [3.05, 3.63) is 24.3 Å². The Morgan fingerprint density at radius 3 is 2.82 bits per heavy atom. The molecule has 58 valence electrons. The maximum absolute atomic E-state index is 10.8. The average Bonchev–Trinajstić information content (AvgIpc) is 2.56. The van der Waals surface area contributed by atoms with Crippen LogP contribution in [0.2, 0.25) is 0 Å². The largest absolute Gasteiger partial charge is 0.302 e. The molecule has 2 aliphatic rings. The third kappa shape index (κ3) is 0.635. The fraction of sp³-hybridized carbons (Fsp3) is 0.500. The van der Waals surface area contributed by atoms with E-state index in [-0.39, 0.29) is 5.41 Å². The topological polar surface area (TPSA) is 17.1 Å². The lowest BCUT2D eigenvalue weighted by Crippen LogP contribution is -2.25. The van der Waals surface area contributed by atoms with E-state index in [2.05, 4.69) is 18.7 Å². The minimum Gasteiger partial charge on any atom is -0.302 e. The highest BCUT2D eigenvalue weighted by molar-refractivity contribution is 5.68. The van der Waals surface area contributed by atoms with Crippen LogP contribution < -0.4 is 0 Å². The van der Waals surface area contributed by atoms with Gasteiger partial charge in [0.05, 0.1) is 5.41 Å². The molecule has 0 spiro atoms. The Labute approximate surface area is 66.8 Å². The van der Waals surface area contributed by atoms with Crippen LogP contribution in [-0.2, 0) is 4.79 Å². The molecule has 0 aromatic heterocycles. The van der Waals surface area contributed by atoms with Crippen molar-refractivity contribution in [2.45, 2.75) is 13.3 Å². The van der Waals surface area contributed by atoms with Crippen molar-refractivity contribution in [3.8, 4) is 0 Å². The van der Waals surface area contributed by atoms with Crippen LogP contribution in [0.5, 0.6) is 0 Å². The van der Waals surface area contributed by atoms with Crippen LogP contribution >= 0.6 is 0 Å². The van der Waals surface area contributed by atoms with Crippen LogP contribution in [0.25, 0.3) is 0 Å². The predicted octanol–water partition coefficient (Wildman–Crippen LogP) is 1.95. The molecular weight excluding hydrogens is 136 g/mol. The van der Waals surface area contributed by atoms with E-state index in [0.29, 0.717) is 11.8 Å². The molecule has 0 aromatic rings. The first kappa shape index (κ1) is 6.84. The summed E-state index contributed by atoms with van der Waals surface area (Å²) >= 11 is 0. The quantitative estimate of drug-likeness (QED) is 0.410. The Morgan fingerprint density at radius 2 is 2.45 bits per heavy atom. The van der Waals surface area contributed by atoms with Crippen molar-refractivity contribution in [3.63, 3.8) is 0 Å². The standard InChI is InChI=1S/C10H12O/c1-7-8-3-4-9(5-8)10(7,2)6-11/h3-4,6,8-9H,1,5H2,2H3/t8-,9+,10+/m1/s1. The van der Waals surface area contributed by atoms with Crippen molar-refractivity contribution in [2.75, 3.05) is 0 Å². The zero-order valence-electron chi connectivity index (χ0n) is 6.71. The molecule has 3 atom stereocenters. The normalized spacial score (nSPS) is 46.8. The molecule has 0 radical (unpaired) electrons. The average molecular weight is 148 g/mol. The molecule has 1 fully saturated rings. The van der Waals surface area contributed by atoms with Gasteiger partial charge >= 0.3 is 0 Å². The molecule has 0 aromatic carbocycles. The van der Waals surface area contributed by atoms with Crippen molar-refractivity contribution in [1.29, 1.82) is 0 Å². The summed E-state index contributed by atoms with van der Waals surface area (Å²) in [6.07, 6.45) is 6.50. The van der Waals surface area contributed by atoms with Crippen LogP contribution in [0.1, 0.15) is 13.3 Å². The lowest BCUT2D eigenvalue weighted by Gasteiger charge is -2.26. The maximum Gasteiger partial charge on any atom is 0.130 e. The number of hydrogen-bond acceptors (Lipinski definition) is 1. The van der Waals surface area contributed by atoms with Gasteiger partial charge in [-0.15, -0.1) is 0 Å². The number of aldehydes is 1. The molecule has 2 rings (SSSR count). The van der Waals surface area contributed by atoms with Gasteiger partial charge in [0, 0.05) is 0 Å². The van der Waals surface area contributed by atoms with E-state index < -0.39 is 0 Å². The van der Waals surface area contributed by atoms with Gasteiger partial charge in [0.15, 0.2) is 0 Å². The van der Waals surface area contributed by atoms with E-state index in [9.17, 15) is 4.79 Å². The molecule has 0 aliphatic heterocycles. The minimum absolute atomic E-state index is 0.251. The summed E-state index contributed by atoms with van der Waals surface area (Å²) in [6, 6.07) is 0. The van der Waals surface area contributed by atoms with Gasteiger partial charge in [0.1, 0.15) is 6.29 Å². The SMILES string of the molecule is C=C1[C@@H]2C=C[C@@H](C2)[C@@]1(C)C=O. The van der Waals surface area contributed by atoms with Gasteiger partial charge in [-0.3, -0.25) is 0 Å². The highest BCUT2D eigenvalue weighted by Gasteiger charge is 2.47. The van der Waals surface area contributed by atoms with Crippen molar-refractivity contribution >= 4 is 6.29 Å². The zero-order valence-corrected chi connectivity index (χ0v) is 6.71. The molecule has 2 bridgehead atoms. The fourth-order valence-corrected chi connectivity index (χ4v) is 2.20. The monoisotopic (exact) mass is 148 g/mol. The van der Waals surface area contributed by atoms with Crippen molar-refractivity contribution in [2.24, 2.45) is 17.3 Å². The fourth-order valence-electron chi connectivity index (χ4n) is 2.20. The highest BCUT2D eigenvalue weighted by atomic mass is 16.1. The molecule has 0 amide bonds. The molecule has 1 saturated carbocycles. The van der Waals surface area contributed by atoms with E-state index >= 15 is 0 Å². The number of carbonyl (C=O) groups excluding carboxylic acids is 1. The Balaban J connectivity index is 2.46. The molecule has 0 saturated heterocycles. The zero-order chi connectivity index (χ0) is 8.06. The van der Waals surface area contributed by atoms with Crippen molar-refractivity contribution in [1.82, 2.24) is 0 Å². The van der Waals surface area contributed by atoms with E-state index in [1.54, 1.807) is 0 Å². The second-order valence-corrected chi connectivity index (χ2v) is 3.76. The van der Waals surface area contributed by atoms with Gasteiger partial charge in [-0.05, 0) is 25.2 Å². The Bertz CT molecular complexity index is 252. The number of rotatable bonds is 1. The molecule has 2 aliphatic carbocycles. The smallest absolute Gasteiger partial charge is 0.130 e. The molecule has 0 unspecified atom stereocenters.